The smallest absolute Gasteiger partial charge is 0.407 e. The average molecular weight is 225 g/mol. The van der Waals surface area contributed by atoms with Crippen LogP contribution in [0.2, 0.25) is 0 Å². The Balaban J connectivity index is 2.28. The Morgan fingerprint density at radius 1 is 1.50 bits per heavy atom. The summed E-state index contributed by atoms with van der Waals surface area (Å²) in [4.78, 5) is 11.5. The fourth-order valence-electron chi connectivity index (χ4n) is 2.13. The van der Waals surface area contributed by atoms with Crippen LogP contribution in [0.5, 0.6) is 0 Å². The van der Waals surface area contributed by atoms with Crippen LogP contribution in [0.4, 0.5) is 4.79 Å². The first-order valence-corrected chi connectivity index (χ1v) is 6.01. The normalized spacial score (nSPS) is 25.2. The van der Waals surface area contributed by atoms with Crippen molar-refractivity contribution in [2.45, 2.75) is 58.1 Å². The third-order valence-corrected chi connectivity index (χ3v) is 2.76. The lowest BCUT2D eigenvalue weighted by Crippen LogP contribution is -2.37. The topological polar surface area (TPSA) is 38.3 Å². The molecule has 0 saturated heterocycles. The second-order valence-corrected chi connectivity index (χ2v) is 5.55. The molecule has 1 rings (SSSR count). The van der Waals surface area contributed by atoms with Crippen molar-refractivity contribution in [1.29, 1.82) is 0 Å². The summed E-state index contributed by atoms with van der Waals surface area (Å²) in [5, 5.41) is 2.93. The molecule has 1 amide bonds. The van der Waals surface area contributed by atoms with E-state index in [9.17, 15) is 4.79 Å². The summed E-state index contributed by atoms with van der Waals surface area (Å²) in [6, 6.07) is 0.278. The number of ether oxygens (including phenoxy) is 1. The van der Waals surface area contributed by atoms with Crippen molar-refractivity contribution in [3.8, 4) is 0 Å². The van der Waals surface area contributed by atoms with Crippen molar-refractivity contribution in [1.82, 2.24) is 5.32 Å². The average Bonchev–Trinajstić information content (AvgIpc) is 2.49. The van der Waals surface area contributed by atoms with Crippen molar-refractivity contribution in [2.24, 2.45) is 5.92 Å². The predicted octanol–water partition coefficient (Wildman–Crippen LogP) is 3.26. The lowest BCUT2D eigenvalue weighted by molar-refractivity contribution is 0.0504. The zero-order valence-corrected chi connectivity index (χ0v) is 10.6. The van der Waals surface area contributed by atoms with Gasteiger partial charge in [0.25, 0.3) is 0 Å². The summed E-state index contributed by atoms with van der Waals surface area (Å²) in [5.74, 6) is 0.678. The van der Waals surface area contributed by atoms with Crippen LogP contribution < -0.4 is 5.32 Å². The highest BCUT2D eigenvalue weighted by Gasteiger charge is 2.26. The van der Waals surface area contributed by atoms with E-state index in [4.69, 9.17) is 4.74 Å². The third kappa shape index (κ3) is 4.69. The highest BCUT2D eigenvalue weighted by molar-refractivity contribution is 5.68. The van der Waals surface area contributed by atoms with E-state index in [1.165, 1.54) is 6.42 Å². The molecule has 1 N–H and O–H groups in total. The number of nitrogens with one attached hydrogen (secondary N) is 1. The van der Waals surface area contributed by atoms with Gasteiger partial charge in [-0.1, -0.05) is 6.08 Å². The number of hydrogen-bond acceptors (Lipinski definition) is 2. The highest BCUT2D eigenvalue weighted by atomic mass is 16.6. The van der Waals surface area contributed by atoms with Crippen LogP contribution in [-0.4, -0.2) is 17.7 Å². The molecule has 0 spiro atoms. The molecule has 3 nitrogen and oxygen atoms in total. The molecular weight excluding hydrogens is 202 g/mol. The Kier molecular flexibility index (Phi) is 4.39. The predicted molar refractivity (Wildman–Crippen MR) is 65.3 cm³/mol. The van der Waals surface area contributed by atoms with Gasteiger partial charge in [-0.05, 0) is 52.4 Å². The number of alkyl carbamates (subject to hydrolysis) is 1. The maximum atomic E-state index is 11.5. The summed E-state index contributed by atoms with van der Waals surface area (Å²) >= 11 is 0. The number of rotatable bonds is 3. The number of hydrogen-bond donors (Lipinski definition) is 1. The number of carbonyl (C=O) groups excluding carboxylic acids is 1. The number of carbonyl (C=O) groups is 1. The van der Waals surface area contributed by atoms with E-state index in [1.54, 1.807) is 0 Å². The van der Waals surface area contributed by atoms with E-state index in [0.717, 1.165) is 19.3 Å². The van der Waals surface area contributed by atoms with Gasteiger partial charge in [0.15, 0.2) is 0 Å². The van der Waals surface area contributed by atoms with Crippen molar-refractivity contribution < 1.29 is 9.53 Å². The minimum absolute atomic E-state index is 0.278. The Morgan fingerprint density at radius 3 is 2.75 bits per heavy atom. The van der Waals surface area contributed by atoms with Crippen LogP contribution in [0.25, 0.3) is 0 Å². The van der Waals surface area contributed by atoms with Crippen LogP contribution in [-0.2, 0) is 4.74 Å². The van der Waals surface area contributed by atoms with Gasteiger partial charge in [0.05, 0.1) is 0 Å². The van der Waals surface area contributed by atoms with Gasteiger partial charge < -0.3 is 10.1 Å². The summed E-state index contributed by atoms with van der Waals surface area (Å²) in [5.41, 5.74) is -0.413. The van der Waals surface area contributed by atoms with Crippen LogP contribution in [0.1, 0.15) is 46.5 Å². The van der Waals surface area contributed by atoms with E-state index in [2.05, 4.69) is 11.9 Å². The SMILES string of the molecule is C=CC[C@@H]1CC[C@H](NC(=O)OC(C)(C)C)C1. The van der Waals surface area contributed by atoms with Crippen LogP contribution in [0, 0.1) is 5.92 Å². The van der Waals surface area contributed by atoms with E-state index in [0.29, 0.717) is 5.92 Å². The minimum atomic E-state index is -0.413. The molecule has 2 atom stereocenters. The Bertz CT molecular complexity index is 255. The molecule has 0 heterocycles. The lowest BCUT2D eigenvalue weighted by atomic mass is 10.0. The van der Waals surface area contributed by atoms with Crippen LogP contribution in [0.3, 0.4) is 0 Å². The van der Waals surface area contributed by atoms with Crippen molar-refractivity contribution in [2.75, 3.05) is 0 Å². The monoisotopic (exact) mass is 225 g/mol. The van der Waals surface area contributed by atoms with Crippen molar-refractivity contribution in [3.05, 3.63) is 12.7 Å². The van der Waals surface area contributed by atoms with E-state index in [-0.39, 0.29) is 12.1 Å². The maximum absolute atomic E-state index is 11.5. The number of amides is 1. The molecule has 0 bridgehead atoms. The first-order chi connectivity index (χ1) is 7.40. The van der Waals surface area contributed by atoms with Gasteiger partial charge in [-0.15, -0.1) is 6.58 Å². The Labute approximate surface area is 98.2 Å². The quantitative estimate of drug-likeness (QED) is 0.749. The third-order valence-electron chi connectivity index (χ3n) is 2.76. The molecule has 1 aliphatic carbocycles. The lowest BCUT2D eigenvalue weighted by Gasteiger charge is -2.21. The van der Waals surface area contributed by atoms with E-state index >= 15 is 0 Å². The fraction of sp³-hybridized carbons (Fsp3) is 0.769. The molecule has 0 radical (unpaired) electrons. The zero-order chi connectivity index (χ0) is 12.2. The van der Waals surface area contributed by atoms with Gasteiger partial charge in [-0.2, -0.15) is 0 Å². The molecule has 3 heteroatoms. The van der Waals surface area contributed by atoms with Crippen molar-refractivity contribution >= 4 is 6.09 Å². The van der Waals surface area contributed by atoms with Gasteiger partial charge >= 0.3 is 6.09 Å². The molecule has 0 unspecified atom stereocenters. The molecule has 1 fully saturated rings. The standard InChI is InChI=1S/C13H23NO2/c1-5-6-10-7-8-11(9-10)14-12(15)16-13(2,3)4/h5,10-11H,1,6-9H2,2-4H3,(H,14,15)/t10-,11+/m1/s1. The largest absolute Gasteiger partial charge is 0.444 e. The summed E-state index contributed by atoms with van der Waals surface area (Å²) in [6.07, 6.45) is 5.99. The minimum Gasteiger partial charge on any atom is -0.444 e. The van der Waals surface area contributed by atoms with Crippen LogP contribution in [0.15, 0.2) is 12.7 Å². The Morgan fingerprint density at radius 2 is 2.19 bits per heavy atom. The summed E-state index contributed by atoms with van der Waals surface area (Å²) in [6.45, 7) is 9.38. The number of allylic oxidation sites excluding steroid dienone is 1. The van der Waals surface area contributed by atoms with Crippen molar-refractivity contribution in [3.63, 3.8) is 0 Å². The van der Waals surface area contributed by atoms with Gasteiger partial charge in [0.2, 0.25) is 0 Å². The van der Waals surface area contributed by atoms with E-state index in [1.807, 2.05) is 26.8 Å². The first-order valence-electron chi connectivity index (χ1n) is 6.01. The second kappa shape index (κ2) is 5.37. The molecule has 0 aliphatic heterocycles. The van der Waals surface area contributed by atoms with Gasteiger partial charge in [0.1, 0.15) is 5.60 Å². The molecule has 0 aromatic heterocycles. The summed E-state index contributed by atoms with van der Waals surface area (Å²) in [7, 11) is 0. The molecule has 0 aromatic rings. The Hall–Kier alpha value is -0.990. The van der Waals surface area contributed by atoms with Gasteiger partial charge in [-0.3, -0.25) is 0 Å². The molecular formula is C13H23NO2. The molecule has 92 valence electrons. The molecule has 1 aliphatic rings. The van der Waals surface area contributed by atoms with Crippen LogP contribution >= 0.6 is 0 Å². The molecule has 0 aromatic carbocycles. The second-order valence-electron chi connectivity index (χ2n) is 5.55. The highest BCUT2D eigenvalue weighted by Crippen LogP contribution is 2.28. The van der Waals surface area contributed by atoms with Gasteiger partial charge in [0, 0.05) is 6.04 Å². The molecule has 16 heavy (non-hydrogen) atoms. The first kappa shape index (κ1) is 13.1. The molecule has 1 saturated carbocycles. The van der Waals surface area contributed by atoms with Gasteiger partial charge in [-0.25, -0.2) is 4.79 Å². The summed E-state index contributed by atoms with van der Waals surface area (Å²) < 4.78 is 5.22. The maximum Gasteiger partial charge on any atom is 0.407 e. The van der Waals surface area contributed by atoms with E-state index < -0.39 is 5.60 Å². The zero-order valence-electron chi connectivity index (χ0n) is 10.6. The fourth-order valence-corrected chi connectivity index (χ4v) is 2.13.